The van der Waals surface area contributed by atoms with E-state index in [0.717, 1.165) is 12.8 Å². The van der Waals surface area contributed by atoms with Crippen LogP contribution in [0.4, 0.5) is 0 Å². The van der Waals surface area contributed by atoms with E-state index in [-0.39, 0.29) is 0 Å². The Bertz CT molecular complexity index is 149. The van der Waals surface area contributed by atoms with Crippen LogP contribution < -0.4 is 0 Å². The molecule has 12 heavy (non-hydrogen) atoms. The molecule has 0 aromatic heterocycles. The summed E-state index contributed by atoms with van der Waals surface area (Å²) in [6.07, 6.45) is 17.7. The van der Waals surface area contributed by atoms with E-state index in [2.05, 4.69) is 50.3 Å². The second kappa shape index (κ2) is 10.2. The van der Waals surface area contributed by atoms with E-state index in [1.54, 1.807) is 0 Å². The van der Waals surface area contributed by atoms with Crippen molar-refractivity contribution in [1.82, 2.24) is 0 Å². The Kier molecular flexibility index (Phi) is 9.56. The first-order chi connectivity index (χ1) is 5.91. The molecule has 0 aliphatic carbocycles. The van der Waals surface area contributed by atoms with Crippen molar-refractivity contribution >= 4 is 0 Å². The highest BCUT2D eigenvalue weighted by Gasteiger charge is 1.73. The molecule has 0 atom stereocenters. The Morgan fingerprint density at radius 3 is 2.00 bits per heavy atom. The third-order valence-corrected chi connectivity index (χ3v) is 1.57. The molecule has 0 aromatic rings. The summed E-state index contributed by atoms with van der Waals surface area (Å²) in [5, 5.41) is 0. The van der Waals surface area contributed by atoms with Gasteiger partial charge in [0.1, 0.15) is 0 Å². The minimum absolute atomic E-state index is 1.07. The summed E-state index contributed by atoms with van der Waals surface area (Å²) in [5.41, 5.74) is 0. The molecular weight excluding hydrogens is 144 g/mol. The summed E-state index contributed by atoms with van der Waals surface area (Å²) in [5.74, 6) is 0. The number of hydrogen-bond acceptors (Lipinski definition) is 0. The molecule has 0 spiro atoms. The number of unbranched alkanes of at least 4 members (excludes halogenated alkanes) is 1. The molecule has 0 unspecified atom stereocenters. The lowest BCUT2D eigenvalue weighted by atomic mass is 10.2. The molecular formula is C12H20. The SMILES string of the molecule is C/C=C\CC=CCC=CCCC. The van der Waals surface area contributed by atoms with Gasteiger partial charge in [0.2, 0.25) is 0 Å². The Morgan fingerprint density at radius 2 is 1.42 bits per heavy atom. The highest BCUT2D eigenvalue weighted by molar-refractivity contribution is 4.96. The highest BCUT2D eigenvalue weighted by Crippen LogP contribution is 1.93. The number of hydrogen-bond donors (Lipinski definition) is 0. The minimum atomic E-state index is 1.07. The van der Waals surface area contributed by atoms with Crippen molar-refractivity contribution in [3.63, 3.8) is 0 Å². The van der Waals surface area contributed by atoms with Gasteiger partial charge in [0, 0.05) is 0 Å². The third-order valence-electron chi connectivity index (χ3n) is 1.57. The van der Waals surface area contributed by atoms with Crippen molar-refractivity contribution in [2.24, 2.45) is 0 Å². The molecule has 0 amide bonds. The Labute approximate surface area is 76.7 Å². The fourth-order valence-electron chi connectivity index (χ4n) is 0.866. The summed E-state index contributed by atoms with van der Waals surface area (Å²) in [6.45, 7) is 4.25. The zero-order chi connectivity index (χ0) is 9.07. The molecule has 68 valence electrons. The van der Waals surface area contributed by atoms with Crippen LogP contribution >= 0.6 is 0 Å². The maximum absolute atomic E-state index is 2.25. The molecule has 0 nitrogen and oxygen atoms in total. The van der Waals surface area contributed by atoms with Crippen LogP contribution in [-0.4, -0.2) is 0 Å². The predicted molar refractivity (Wildman–Crippen MR) is 57.2 cm³/mol. The molecule has 0 heteroatoms. The van der Waals surface area contributed by atoms with Crippen molar-refractivity contribution in [3.05, 3.63) is 36.5 Å². The molecule has 0 saturated heterocycles. The van der Waals surface area contributed by atoms with E-state index in [1.807, 2.05) is 0 Å². The lowest BCUT2D eigenvalue weighted by Crippen LogP contribution is -1.63. The Morgan fingerprint density at radius 1 is 0.833 bits per heavy atom. The van der Waals surface area contributed by atoms with Gasteiger partial charge in [-0.05, 0) is 26.2 Å². The predicted octanol–water partition coefficient (Wildman–Crippen LogP) is 4.26. The van der Waals surface area contributed by atoms with Gasteiger partial charge in [-0.3, -0.25) is 0 Å². The van der Waals surface area contributed by atoms with Crippen LogP contribution in [0.3, 0.4) is 0 Å². The number of allylic oxidation sites excluding steroid dienone is 6. The van der Waals surface area contributed by atoms with Gasteiger partial charge in [-0.25, -0.2) is 0 Å². The van der Waals surface area contributed by atoms with Gasteiger partial charge < -0.3 is 0 Å². The van der Waals surface area contributed by atoms with Gasteiger partial charge in [0.25, 0.3) is 0 Å². The van der Waals surface area contributed by atoms with Crippen molar-refractivity contribution in [1.29, 1.82) is 0 Å². The maximum Gasteiger partial charge on any atom is -0.0169 e. The first-order valence-corrected chi connectivity index (χ1v) is 4.83. The van der Waals surface area contributed by atoms with E-state index in [9.17, 15) is 0 Å². The van der Waals surface area contributed by atoms with Gasteiger partial charge in [-0.15, -0.1) is 0 Å². The molecule has 0 aromatic carbocycles. The van der Waals surface area contributed by atoms with Gasteiger partial charge in [0.05, 0.1) is 0 Å². The first kappa shape index (κ1) is 11.2. The summed E-state index contributed by atoms with van der Waals surface area (Å²) in [6, 6.07) is 0. The smallest absolute Gasteiger partial charge is 0.0169 e. The van der Waals surface area contributed by atoms with Gasteiger partial charge in [0.15, 0.2) is 0 Å². The summed E-state index contributed by atoms with van der Waals surface area (Å²) >= 11 is 0. The molecule has 0 fully saturated rings. The molecule has 0 rings (SSSR count). The summed E-state index contributed by atoms with van der Waals surface area (Å²) in [7, 11) is 0. The normalized spacial score (nSPS) is 12.5. The highest BCUT2D eigenvalue weighted by atomic mass is 13.8. The van der Waals surface area contributed by atoms with E-state index >= 15 is 0 Å². The molecule has 0 N–H and O–H groups in total. The Hall–Kier alpha value is -0.780. The lowest BCUT2D eigenvalue weighted by Gasteiger charge is -1.84. The van der Waals surface area contributed by atoms with Gasteiger partial charge >= 0.3 is 0 Å². The molecule has 0 heterocycles. The average molecular weight is 164 g/mol. The van der Waals surface area contributed by atoms with Crippen LogP contribution in [0.1, 0.15) is 39.5 Å². The summed E-state index contributed by atoms with van der Waals surface area (Å²) in [4.78, 5) is 0. The van der Waals surface area contributed by atoms with Crippen LogP contribution in [0.15, 0.2) is 36.5 Å². The average Bonchev–Trinajstić information content (AvgIpc) is 2.10. The lowest BCUT2D eigenvalue weighted by molar-refractivity contribution is 0.954. The largest absolute Gasteiger partial charge is 0.0914 e. The fraction of sp³-hybridized carbons (Fsp3) is 0.500. The Balaban J connectivity index is 3.23. The fourth-order valence-corrected chi connectivity index (χ4v) is 0.866. The molecule has 0 aliphatic heterocycles. The van der Waals surface area contributed by atoms with Crippen LogP contribution in [0.2, 0.25) is 0 Å². The van der Waals surface area contributed by atoms with E-state index in [0.29, 0.717) is 0 Å². The maximum atomic E-state index is 2.25. The summed E-state index contributed by atoms with van der Waals surface area (Å²) < 4.78 is 0. The minimum Gasteiger partial charge on any atom is -0.0914 e. The van der Waals surface area contributed by atoms with Crippen LogP contribution in [0.5, 0.6) is 0 Å². The van der Waals surface area contributed by atoms with Crippen molar-refractivity contribution in [2.45, 2.75) is 39.5 Å². The van der Waals surface area contributed by atoms with E-state index < -0.39 is 0 Å². The first-order valence-electron chi connectivity index (χ1n) is 4.83. The second-order valence-corrected chi connectivity index (χ2v) is 2.77. The molecule has 0 aliphatic rings. The van der Waals surface area contributed by atoms with Gasteiger partial charge in [-0.1, -0.05) is 49.8 Å². The van der Waals surface area contributed by atoms with Crippen LogP contribution in [0, 0.1) is 0 Å². The zero-order valence-electron chi connectivity index (χ0n) is 8.29. The number of rotatable bonds is 6. The topological polar surface area (TPSA) is 0 Å². The van der Waals surface area contributed by atoms with Crippen molar-refractivity contribution < 1.29 is 0 Å². The van der Waals surface area contributed by atoms with Crippen molar-refractivity contribution in [3.8, 4) is 0 Å². The third kappa shape index (κ3) is 9.22. The van der Waals surface area contributed by atoms with E-state index in [4.69, 9.17) is 0 Å². The molecule has 0 saturated carbocycles. The van der Waals surface area contributed by atoms with Crippen LogP contribution in [0.25, 0.3) is 0 Å². The standard InChI is InChI=1S/C12H20/c1-3-5-7-9-11-12-10-8-6-4-2/h3,5,8-11H,4,6-7,12H2,1-2H3/b5-3-,10-8?,11-9?. The van der Waals surface area contributed by atoms with Crippen molar-refractivity contribution in [2.75, 3.05) is 0 Å². The second-order valence-electron chi connectivity index (χ2n) is 2.77. The monoisotopic (exact) mass is 164 g/mol. The quantitative estimate of drug-likeness (QED) is 0.515. The van der Waals surface area contributed by atoms with Crippen LogP contribution in [-0.2, 0) is 0 Å². The van der Waals surface area contributed by atoms with E-state index in [1.165, 1.54) is 12.8 Å². The molecule has 0 bridgehead atoms. The van der Waals surface area contributed by atoms with Gasteiger partial charge in [-0.2, -0.15) is 0 Å². The zero-order valence-corrected chi connectivity index (χ0v) is 8.29. The molecule has 0 radical (unpaired) electrons.